The topological polar surface area (TPSA) is 156 Å². The van der Waals surface area contributed by atoms with E-state index in [0.717, 1.165) is 19.3 Å². The van der Waals surface area contributed by atoms with E-state index < -0.39 is 42.3 Å². The van der Waals surface area contributed by atoms with Gasteiger partial charge in [-0.15, -0.1) is 0 Å². The number of phenolic OH excluding ortho intramolecular Hbond substituents is 1. The Kier molecular flexibility index (Phi) is 11.2. The predicted octanol–water partition coefficient (Wildman–Crippen LogP) is 3.15. The van der Waals surface area contributed by atoms with Crippen LogP contribution in [0.3, 0.4) is 0 Å². The third kappa shape index (κ3) is 8.43. The van der Waals surface area contributed by atoms with Crippen LogP contribution in [-0.2, 0) is 14.3 Å². The first-order valence-corrected chi connectivity index (χ1v) is 13.1. The van der Waals surface area contributed by atoms with Gasteiger partial charge in [0, 0.05) is 23.9 Å². The molecule has 2 heterocycles. The number of unbranched alkanes of at least 4 members (excludes halogenated alkanes) is 8. The Hall–Kier alpha value is -2.66. The number of esters is 1. The number of aliphatic hydroxyl groups excluding tert-OH is 3. The molecule has 37 heavy (non-hydrogen) atoms. The standard InChI is InChI=1S/C27H38O10/c1-2-3-4-5-6-7-8-9-10-11-22(29)34-16-21-24(31)25(32)26(33)27(37-21)36-20-14-17-12-13-23(30)35-19(17)15-18(20)28/h12-15,21,24-28,31-33H,2-11,16H2,1H3/t21-,24-,25+,26-,27+/m1/s1. The lowest BCUT2D eigenvalue weighted by Gasteiger charge is -2.39. The summed E-state index contributed by atoms with van der Waals surface area (Å²) >= 11 is 0. The molecule has 0 spiro atoms. The van der Waals surface area contributed by atoms with Gasteiger partial charge in [-0.1, -0.05) is 58.3 Å². The number of rotatable bonds is 14. The SMILES string of the molecule is CCCCCCCCCCCC(=O)OC[C@H]1O[C@H](Oc2cc3ccc(=O)oc3cc2O)[C@H](O)[C@@H](O)[C@@H]1O. The van der Waals surface area contributed by atoms with E-state index in [4.69, 9.17) is 18.6 Å². The minimum absolute atomic E-state index is 0.102. The van der Waals surface area contributed by atoms with Crippen molar-refractivity contribution in [3.05, 3.63) is 34.7 Å². The first-order chi connectivity index (χ1) is 17.8. The van der Waals surface area contributed by atoms with Gasteiger partial charge in [0.25, 0.3) is 0 Å². The summed E-state index contributed by atoms with van der Waals surface area (Å²) in [7, 11) is 0. The molecule has 1 aliphatic heterocycles. The molecule has 0 bridgehead atoms. The van der Waals surface area contributed by atoms with Crippen LogP contribution in [0.25, 0.3) is 11.0 Å². The Morgan fingerprint density at radius 3 is 2.30 bits per heavy atom. The highest BCUT2D eigenvalue weighted by Crippen LogP contribution is 2.34. The summed E-state index contributed by atoms with van der Waals surface area (Å²) in [4.78, 5) is 23.5. The quantitative estimate of drug-likeness (QED) is 0.165. The highest BCUT2D eigenvalue weighted by molar-refractivity contribution is 5.80. The molecule has 2 aromatic rings. The maximum atomic E-state index is 12.1. The van der Waals surface area contributed by atoms with Gasteiger partial charge in [0.2, 0.25) is 6.29 Å². The number of aliphatic hydroxyl groups is 3. The lowest BCUT2D eigenvalue weighted by atomic mass is 9.99. The number of aromatic hydroxyl groups is 1. The van der Waals surface area contributed by atoms with Crippen molar-refractivity contribution in [1.29, 1.82) is 0 Å². The molecule has 0 aliphatic carbocycles. The molecular weight excluding hydrogens is 484 g/mol. The fourth-order valence-corrected chi connectivity index (χ4v) is 4.28. The Balaban J connectivity index is 1.47. The Morgan fingerprint density at radius 2 is 1.59 bits per heavy atom. The second-order valence-corrected chi connectivity index (χ2v) is 9.51. The van der Waals surface area contributed by atoms with Crippen LogP contribution >= 0.6 is 0 Å². The van der Waals surface area contributed by atoms with Crippen molar-refractivity contribution < 1.29 is 43.8 Å². The van der Waals surface area contributed by atoms with Gasteiger partial charge in [0.1, 0.15) is 36.6 Å². The molecule has 4 N–H and O–H groups in total. The van der Waals surface area contributed by atoms with Gasteiger partial charge < -0.3 is 39.1 Å². The minimum Gasteiger partial charge on any atom is -0.504 e. The van der Waals surface area contributed by atoms with Crippen molar-refractivity contribution in [1.82, 2.24) is 0 Å². The summed E-state index contributed by atoms with van der Waals surface area (Å²) in [5, 5.41) is 41.6. The summed E-state index contributed by atoms with van der Waals surface area (Å²) in [5.41, 5.74) is -0.450. The van der Waals surface area contributed by atoms with Gasteiger partial charge in [-0.3, -0.25) is 4.79 Å². The highest BCUT2D eigenvalue weighted by Gasteiger charge is 2.45. The zero-order chi connectivity index (χ0) is 26.8. The second-order valence-electron chi connectivity index (χ2n) is 9.51. The molecule has 1 fully saturated rings. The molecule has 1 aromatic carbocycles. The number of hydrogen-bond donors (Lipinski definition) is 4. The fourth-order valence-electron chi connectivity index (χ4n) is 4.28. The maximum absolute atomic E-state index is 12.1. The van der Waals surface area contributed by atoms with Crippen LogP contribution in [0.15, 0.2) is 33.5 Å². The number of benzene rings is 1. The van der Waals surface area contributed by atoms with E-state index in [1.54, 1.807) is 0 Å². The van der Waals surface area contributed by atoms with E-state index in [1.807, 2.05) is 0 Å². The van der Waals surface area contributed by atoms with Crippen LogP contribution in [0.4, 0.5) is 0 Å². The number of ether oxygens (including phenoxy) is 3. The van der Waals surface area contributed by atoms with Gasteiger partial charge in [0.15, 0.2) is 11.5 Å². The molecule has 0 radical (unpaired) electrons. The zero-order valence-electron chi connectivity index (χ0n) is 21.2. The third-order valence-corrected chi connectivity index (χ3v) is 6.51. The van der Waals surface area contributed by atoms with Crippen LogP contribution in [0.1, 0.15) is 71.1 Å². The van der Waals surface area contributed by atoms with Crippen LogP contribution in [0.5, 0.6) is 11.5 Å². The molecule has 1 aliphatic rings. The van der Waals surface area contributed by atoms with Crippen molar-refractivity contribution in [3.8, 4) is 11.5 Å². The normalized spacial score (nSPS) is 23.7. The molecule has 206 valence electrons. The van der Waals surface area contributed by atoms with E-state index >= 15 is 0 Å². The number of carbonyl (C=O) groups excluding carboxylic acids is 1. The van der Waals surface area contributed by atoms with Gasteiger partial charge in [-0.2, -0.15) is 0 Å². The third-order valence-electron chi connectivity index (χ3n) is 6.51. The van der Waals surface area contributed by atoms with Crippen molar-refractivity contribution in [3.63, 3.8) is 0 Å². The Bertz CT molecular complexity index is 1050. The summed E-state index contributed by atoms with van der Waals surface area (Å²) in [5.74, 6) is -0.928. The molecule has 1 saturated heterocycles. The molecule has 0 saturated carbocycles. The molecule has 1 aromatic heterocycles. The maximum Gasteiger partial charge on any atom is 0.336 e. The van der Waals surface area contributed by atoms with Gasteiger partial charge >= 0.3 is 11.6 Å². The zero-order valence-corrected chi connectivity index (χ0v) is 21.2. The van der Waals surface area contributed by atoms with Crippen molar-refractivity contribution in [2.75, 3.05) is 6.61 Å². The molecule has 3 rings (SSSR count). The monoisotopic (exact) mass is 522 g/mol. The van der Waals surface area contributed by atoms with E-state index in [-0.39, 0.29) is 30.1 Å². The molecular formula is C27H38O10. The molecule has 10 nitrogen and oxygen atoms in total. The van der Waals surface area contributed by atoms with Crippen LogP contribution in [0, 0.1) is 0 Å². The number of phenols is 1. The lowest BCUT2D eigenvalue weighted by Crippen LogP contribution is -2.60. The van der Waals surface area contributed by atoms with Gasteiger partial charge in [-0.25, -0.2) is 4.79 Å². The molecule has 0 unspecified atom stereocenters. The van der Waals surface area contributed by atoms with Crippen molar-refractivity contribution in [2.24, 2.45) is 0 Å². The lowest BCUT2D eigenvalue weighted by molar-refractivity contribution is -0.278. The first kappa shape index (κ1) is 28.9. The molecule has 0 amide bonds. The Morgan fingerprint density at radius 1 is 0.919 bits per heavy atom. The minimum atomic E-state index is -1.65. The van der Waals surface area contributed by atoms with Crippen LogP contribution < -0.4 is 10.4 Å². The van der Waals surface area contributed by atoms with E-state index in [0.29, 0.717) is 11.8 Å². The average Bonchev–Trinajstić information content (AvgIpc) is 2.87. The Labute approximate surface area is 215 Å². The first-order valence-electron chi connectivity index (χ1n) is 13.1. The summed E-state index contributed by atoms with van der Waals surface area (Å²) in [6, 6.07) is 5.23. The molecule has 5 atom stereocenters. The highest BCUT2D eigenvalue weighted by atomic mass is 16.7. The van der Waals surface area contributed by atoms with Crippen molar-refractivity contribution in [2.45, 2.75) is 102 Å². The molecule has 10 heteroatoms. The summed E-state index contributed by atoms with van der Waals surface area (Å²) in [6.07, 6.45) is 2.93. The fraction of sp³-hybridized carbons (Fsp3) is 0.630. The van der Waals surface area contributed by atoms with E-state index in [2.05, 4.69) is 6.92 Å². The summed E-state index contributed by atoms with van der Waals surface area (Å²) in [6.45, 7) is 1.86. The average molecular weight is 523 g/mol. The smallest absolute Gasteiger partial charge is 0.336 e. The van der Waals surface area contributed by atoms with Crippen LogP contribution in [-0.4, -0.2) is 63.7 Å². The number of fused-ring (bicyclic) bond motifs is 1. The van der Waals surface area contributed by atoms with Crippen molar-refractivity contribution >= 4 is 16.9 Å². The van der Waals surface area contributed by atoms with Crippen LogP contribution in [0.2, 0.25) is 0 Å². The van der Waals surface area contributed by atoms with E-state index in [9.17, 15) is 30.0 Å². The van der Waals surface area contributed by atoms with E-state index in [1.165, 1.54) is 56.4 Å². The summed E-state index contributed by atoms with van der Waals surface area (Å²) < 4.78 is 21.4. The van der Waals surface area contributed by atoms with Gasteiger partial charge in [0.05, 0.1) is 0 Å². The number of carbonyl (C=O) groups is 1. The largest absolute Gasteiger partial charge is 0.504 e. The van der Waals surface area contributed by atoms with Gasteiger partial charge in [-0.05, 0) is 18.6 Å². The second kappa shape index (κ2) is 14.3. The predicted molar refractivity (Wildman–Crippen MR) is 134 cm³/mol. The number of hydrogen-bond acceptors (Lipinski definition) is 10.